The molecule has 0 saturated carbocycles. The minimum Gasteiger partial charge on any atom is -0.493 e. The van der Waals surface area contributed by atoms with Gasteiger partial charge in [-0.1, -0.05) is 73.0 Å². The zero-order chi connectivity index (χ0) is 28.1. The van der Waals surface area contributed by atoms with Crippen molar-refractivity contribution < 1.29 is 24.0 Å². The van der Waals surface area contributed by atoms with Crippen molar-refractivity contribution in [3.8, 4) is 11.5 Å². The number of nitrogens with two attached hydrogens (primary N) is 1. The van der Waals surface area contributed by atoms with E-state index in [0.29, 0.717) is 23.7 Å². The van der Waals surface area contributed by atoms with Gasteiger partial charge in [-0.15, -0.1) is 0 Å². The predicted molar refractivity (Wildman–Crippen MR) is 147 cm³/mol. The summed E-state index contributed by atoms with van der Waals surface area (Å²) in [6, 6.07) is 19.2. The number of carbonyl (C=O) groups is 1. The van der Waals surface area contributed by atoms with Crippen LogP contribution in [0.15, 0.2) is 60.7 Å². The quantitative estimate of drug-likeness (QED) is 0.132. The van der Waals surface area contributed by atoms with Crippen LogP contribution in [0.5, 0.6) is 11.5 Å². The molecule has 1 amide bonds. The van der Waals surface area contributed by atoms with Gasteiger partial charge in [-0.25, -0.2) is 5.90 Å². The highest BCUT2D eigenvalue weighted by atomic mass is 16.6. The van der Waals surface area contributed by atoms with E-state index >= 15 is 0 Å². The van der Waals surface area contributed by atoms with E-state index in [-0.39, 0.29) is 11.7 Å². The van der Waals surface area contributed by atoms with E-state index in [1.807, 2.05) is 6.92 Å². The van der Waals surface area contributed by atoms with Gasteiger partial charge < -0.3 is 14.8 Å². The molecular formula is C29H37N3O6. The number of carbonyl (C=O) groups excluding carboxylic acids is 1. The monoisotopic (exact) mass is 523 g/mol. The number of nitrogens with one attached hydrogen (secondary N) is 1. The van der Waals surface area contributed by atoms with Gasteiger partial charge in [-0.05, 0) is 44.4 Å². The number of aryl methyl sites for hydroxylation is 2. The van der Waals surface area contributed by atoms with Crippen LogP contribution in [0.1, 0.15) is 66.7 Å². The van der Waals surface area contributed by atoms with Gasteiger partial charge in [0.15, 0.2) is 11.5 Å². The average Bonchev–Trinajstić information content (AvgIpc) is 2.92. The molecule has 0 spiro atoms. The number of rotatable bonds is 12. The lowest BCUT2D eigenvalue weighted by Gasteiger charge is -2.17. The molecule has 9 nitrogen and oxygen atoms in total. The largest absolute Gasteiger partial charge is 0.493 e. The number of ether oxygens (including phenoxy) is 2. The van der Waals surface area contributed by atoms with Crippen molar-refractivity contribution in [3.05, 3.63) is 98.6 Å². The van der Waals surface area contributed by atoms with E-state index in [4.69, 9.17) is 15.4 Å². The van der Waals surface area contributed by atoms with Crippen LogP contribution in [0.3, 0.4) is 0 Å². The third-order valence-corrected chi connectivity index (χ3v) is 5.96. The Kier molecular flexibility index (Phi) is 12.2. The summed E-state index contributed by atoms with van der Waals surface area (Å²) in [6.07, 6.45) is 1.97. The van der Waals surface area contributed by atoms with Crippen molar-refractivity contribution in [1.82, 2.24) is 5.32 Å². The molecule has 3 rings (SSSR count). The van der Waals surface area contributed by atoms with E-state index in [2.05, 4.69) is 72.5 Å². The third-order valence-electron chi connectivity index (χ3n) is 5.96. The summed E-state index contributed by atoms with van der Waals surface area (Å²) in [6.45, 7) is 8.24. The molecule has 0 saturated heterocycles. The smallest absolute Gasteiger partial charge is 0.279 e. The Bertz CT molecular complexity index is 1120. The van der Waals surface area contributed by atoms with Crippen molar-refractivity contribution in [2.75, 3.05) is 13.7 Å². The molecule has 0 bridgehead atoms. The number of nitro groups is 1. The summed E-state index contributed by atoms with van der Waals surface area (Å²) in [5.74, 6) is 5.88. The van der Waals surface area contributed by atoms with Crippen molar-refractivity contribution in [1.29, 1.82) is 0 Å². The summed E-state index contributed by atoms with van der Waals surface area (Å²) >= 11 is 0. The van der Waals surface area contributed by atoms with E-state index in [0.717, 1.165) is 30.4 Å². The minimum absolute atomic E-state index is 0.0799. The summed E-state index contributed by atoms with van der Waals surface area (Å²) in [4.78, 5) is 26.1. The normalized spacial score (nSPS) is 11.2. The summed E-state index contributed by atoms with van der Waals surface area (Å²) in [5.41, 5.74) is 4.86. The molecule has 3 aromatic carbocycles. The highest BCUT2D eigenvalue weighted by Gasteiger charge is 2.24. The number of methoxy groups -OCH3 is 1. The van der Waals surface area contributed by atoms with Gasteiger partial charge in [-0.2, -0.15) is 0 Å². The average molecular weight is 524 g/mol. The number of benzene rings is 3. The molecule has 3 N–H and O–H groups in total. The second kappa shape index (κ2) is 15.3. The van der Waals surface area contributed by atoms with Crippen LogP contribution < -0.4 is 20.7 Å². The van der Waals surface area contributed by atoms with Crippen LogP contribution in [0.2, 0.25) is 0 Å². The molecule has 0 aromatic heterocycles. The van der Waals surface area contributed by atoms with Gasteiger partial charge in [0.2, 0.25) is 6.41 Å². The first-order valence-corrected chi connectivity index (χ1v) is 12.4. The first kappa shape index (κ1) is 30.3. The minimum atomic E-state index is -0.617. The Balaban J connectivity index is 0.000000268. The molecule has 0 aliphatic heterocycles. The van der Waals surface area contributed by atoms with E-state index in [1.165, 1.54) is 30.4 Å². The topological polar surface area (TPSA) is 126 Å². The van der Waals surface area contributed by atoms with Gasteiger partial charge in [0.05, 0.1) is 36.3 Å². The number of hydrogen-bond donors (Lipinski definition) is 2. The Morgan fingerprint density at radius 3 is 1.97 bits per heavy atom. The molecule has 0 fully saturated rings. The molecule has 3 aromatic rings. The molecule has 0 aliphatic rings. The highest BCUT2D eigenvalue weighted by molar-refractivity contribution is 5.55. The summed E-state index contributed by atoms with van der Waals surface area (Å²) < 4.78 is 10.7. The standard InChI is InChI=1S/C16H17NO.C13H20N2O5/c1-12-3-7-14(8-4-12)16(17-11-18)15-9-5-13(2)6-10-15;1-4-5-6-19-13-8-11(15(16)17)10(9(2)20-14)7-12(13)18-3/h3-11,16H,1-2H3,(H,17,18);7-9H,4-6,14H2,1-3H3. The lowest BCUT2D eigenvalue weighted by atomic mass is 9.97. The van der Waals surface area contributed by atoms with Crippen LogP contribution in [0.4, 0.5) is 5.69 Å². The molecule has 9 heteroatoms. The Labute approximate surface area is 224 Å². The Morgan fingerprint density at radius 2 is 1.55 bits per heavy atom. The van der Waals surface area contributed by atoms with Gasteiger partial charge in [-0.3, -0.25) is 19.7 Å². The third kappa shape index (κ3) is 8.57. The number of nitro benzene ring substituents is 1. The molecule has 1 atom stereocenters. The Morgan fingerprint density at radius 1 is 1.00 bits per heavy atom. The van der Waals surface area contributed by atoms with Gasteiger partial charge in [0.1, 0.15) is 6.10 Å². The lowest BCUT2D eigenvalue weighted by molar-refractivity contribution is -0.386. The van der Waals surface area contributed by atoms with E-state index in [1.54, 1.807) is 6.92 Å². The zero-order valence-corrected chi connectivity index (χ0v) is 22.6. The second-order valence-electron chi connectivity index (χ2n) is 8.84. The second-order valence-corrected chi connectivity index (χ2v) is 8.84. The highest BCUT2D eigenvalue weighted by Crippen LogP contribution is 2.38. The van der Waals surface area contributed by atoms with Gasteiger partial charge in [0, 0.05) is 0 Å². The fourth-order valence-electron chi connectivity index (χ4n) is 3.69. The van der Waals surface area contributed by atoms with E-state index in [9.17, 15) is 14.9 Å². The molecule has 0 aliphatic carbocycles. The van der Waals surface area contributed by atoms with Crippen LogP contribution in [-0.4, -0.2) is 25.1 Å². The van der Waals surface area contributed by atoms with Crippen LogP contribution in [0.25, 0.3) is 0 Å². The van der Waals surface area contributed by atoms with Gasteiger partial charge in [0.25, 0.3) is 5.69 Å². The van der Waals surface area contributed by atoms with Gasteiger partial charge >= 0.3 is 0 Å². The number of unbranched alkanes of at least 4 members (excludes halogenated alkanes) is 1. The molecule has 38 heavy (non-hydrogen) atoms. The van der Waals surface area contributed by atoms with E-state index < -0.39 is 11.0 Å². The van der Waals surface area contributed by atoms with Crippen molar-refractivity contribution >= 4 is 12.1 Å². The lowest BCUT2D eigenvalue weighted by Crippen LogP contribution is -2.20. The van der Waals surface area contributed by atoms with Crippen LogP contribution in [-0.2, 0) is 9.63 Å². The fraction of sp³-hybridized carbons (Fsp3) is 0.345. The maximum Gasteiger partial charge on any atom is 0.279 e. The number of nitrogens with zero attached hydrogens (tertiary/aromatic N) is 1. The van der Waals surface area contributed by atoms with Crippen molar-refractivity contribution in [3.63, 3.8) is 0 Å². The van der Waals surface area contributed by atoms with Crippen LogP contribution >= 0.6 is 0 Å². The van der Waals surface area contributed by atoms with Crippen LogP contribution in [0, 0.1) is 24.0 Å². The molecule has 0 radical (unpaired) electrons. The molecular weight excluding hydrogens is 486 g/mol. The number of amides is 1. The number of hydrogen-bond acceptors (Lipinski definition) is 7. The first-order chi connectivity index (χ1) is 18.2. The molecule has 204 valence electrons. The maximum absolute atomic E-state index is 11.1. The summed E-state index contributed by atoms with van der Waals surface area (Å²) in [5, 5.41) is 14.0. The SMILES string of the molecule is CCCCOc1cc([N+](=O)[O-])c(C(C)ON)cc1OC.Cc1ccc(C(NC=O)c2ccc(C)cc2)cc1. The molecule has 1 unspecified atom stereocenters. The fourth-order valence-corrected chi connectivity index (χ4v) is 3.69. The van der Waals surface area contributed by atoms with Crippen molar-refractivity contribution in [2.45, 2.75) is 52.7 Å². The zero-order valence-electron chi connectivity index (χ0n) is 22.6. The molecule has 0 heterocycles. The van der Waals surface area contributed by atoms with Crippen molar-refractivity contribution in [2.24, 2.45) is 5.90 Å². The first-order valence-electron chi connectivity index (χ1n) is 12.4. The summed E-state index contributed by atoms with van der Waals surface area (Å²) in [7, 11) is 1.48. The maximum atomic E-state index is 11.1. The predicted octanol–water partition coefficient (Wildman–Crippen LogP) is 5.87. The Hall–Kier alpha value is -3.95.